The van der Waals surface area contributed by atoms with Gasteiger partial charge in [-0.1, -0.05) is 19.9 Å². The van der Waals surface area contributed by atoms with Gasteiger partial charge < -0.3 is 14.9 Å². The molecule has 2 heterocycles. The molecule has 1 amide bonds. The Labute approximate surface area is 204 Å². The third-order valence-corrected chi connectivity index (χ3v) is 6.31. The molecule has 180 valence electrons. The number of hydrogen-bond acceptors (Lipinski definition) is 6. The standard InChI is InChI=1S/C28H28N2O5/c1-15(2)19-14-20(17(4)13-23(19)35-5)26(32)24-25(18-8-10-29-11-9-18)30(28(34)27(24)33)21-12-16(3)6-7-22(21)31/h6-15,25,31-32H,1-5H3/b26-24+. The second-order valence-electron chi connectivity index (χ2n) is 9.01. The normalized spacial score (nSPS) is 17.3. The number of phenols is 1. The zero-order valence-electron chi connectivity index (χ0n) is 20.4. The summed E-state index contributed by atoms with van der Waals surface area (Å²) in [7, 11) is 1.59. The van der Waals surface area contributed by atoms with Crippen molar-refractivity contribution in [2.24, 2.45) is 0 Å². The van der Waals surface area contributed by atoms with E-state index < -0.39 is 17.7 Å². The highest BCUT2D eigenvalue weighted by atomic mass is 16.5. The number of ketones is 1. The van der Waals surface area contributed by atoms with Crippen LogP contribution in [-0.2, 0) is 9.59 Å². The van der Waals surface area contributed by atoms with Gasteiger partial charge in [0.2, 0.25) is 0 Å². The Morgan fingerprint density at radius 1 is 1.06 bits per heavy atom. The number of aromatic hydroxyl groups is 1. The highest BCUT2D eigenvalue weighted by molar-refractivity contribution is 6.52. The molecule has 4 rings (SSSR count). The summed E-state index contributed by atoms with van der Waals surface area (Å²) in [6.45, 7) is 7.65. The van der Waals surface area contributed by atoms with E-state index in [1.807, 2.05) is 33.8 Å². The van der Waals surface area contributed by atoms with Gasteiger partial charge >= 0.3 is 0 Å². The van der Waals surface area contributed by atoms with E-state index in [2.05, 4.69) is 4.98 Å². The molecule has 7 heteroatoms. The van der Waals surface area contributed by atoms with E-state index in [4.69, 9.17) is 4.74 Å². The van der Waals surface area contributed by atoms with Crippen molar-refractivity contribution in [2.75, 3.05) is 12.0 Å². The highest BCUT2D eigenvalue weighted by Crippen LogP contribution is 2.45. The number of anilines is 1. The molecule has 1 aliphatic heterocycles. The fraction of sp³-hybridized carbons (Fsp3) is 0.250. The number of methoxy groups -OCH3 is 1. The molecule has 2 N–H and O–H groups in total. The summed E-state index contributed by atoms with van der Waals surface area (Å²) < 4.78 is 5.51. The molecule has 2 aromatic carbocycles. The van der Waals surface area contributed by atoms with Crippen molar-refractivity contribution in [3.63, 3.8) is 0 Å². The van der Waals surface area contributed by atoms with E-state index in [1.165, 1.54) is 11.0 Å². The average molecular weight is 473 g/mol. The molecule has 1 aliphatic rings. The number of amides is 1. The summed E-state index contributed by atoms with van der Waals surface area (Å²) in [4.78, 5) is 32.0. The lowest BCUT2D eigenvalue weighted by molar-refractivity contribution is -0.132. The number of aromatic nitrogens is 1. The van der Waals surface area contributed by atoms with Crippen molar-refractivity contribution >= 4 is 23.1 Å². The first kappa shape index (κ1) is 24.0. The van der Waals surface area contributed by atoms with Crippen molar-refractivity contribution < 1.29 is 24.5 Å². The van der Waals surface area contributed by atoms with Crippen LogP contribution in [0, 0.1) is 13.8 Å². The van der Waals surface area contributed by atoms with E-state index in [-0.39, 0.29) is 28.7 Å². The zero-order chi connectivity index (χ0) is 25.4. The molecule has 1 atom stereocenters. The second kappa shape index (κ2) is 9.25. The van der Waals surface area contributed by atoms with Gasteiger partial charge in [0.15, 0.2) is 0 Å². The maximum atomic E-state index is 13.4. The highest BCUT2D eigenvalue weighted by Gasteiger charge is 2.48. The third kappa shape index (κ3) is 4.14. The van der Waals surface area contributed by atoms with Crippen LogP contribution in [0.2, 0.25) is 0 Å². The Hall–Kier alpha value is -4.13. The Balaban J connectivity index is 2.00. The summed E-state index contributed by atoms with van der Waals surface area (Å²) in [5.41, 5.74) is 3.54. The molecule has 1 aromatic heterocycles. The van der Waals surface area contributed by atoms with Crippen LogP contribution in [0.4, 0.5) is 5.69 Å². The van der Waals surface area contributed by atoms with Crippen LogP contribution >= 0.6 is 0 Å². The van der Waals surface area contributed by atoms with E-state index in [0.29, 0.717) is 22.4 Å². The number of ether oxygens (including phenoxy) is 1. The maximum Gasteiger partial charge on any atom is 0.300 e. The largest absolute Gasteiger partial charge is 0.507 e. The second-order valence-corrected chi connectivity index (χ2v) is 9.01. The molecule has 0 bridgehead atoms. The van der Waals surface area contributed by atoms with Crippen LogP contribution in [-0.4, -0.2) is 34.0 Å². The summed E-state index contributed by atoms with van der Waals surface area (Å²) in [5.74, 6) is -1.29. The van der Waals surface area contributed by atoms with Crippen LogP contribution in [0.15, 0.2) is 60.4 Å². The minimum Gasteiger partial charge on any atom is -0.507 e. The van der Waals surface area contributed by atoms with Crippen LogP contribution in [0.1, 0.15) is 53.6 Å². The minimum absolute atomic E-state index is 0.0509. The molecule has 1 fully saturated rings. The van der Waals surface area contributed by atoms with Crippen molar-refractivity contribution in [1.82, 2.24) is 4.98 Å². The Kier molecular flexibility index (Phi) is 6.35. The SMILES string of the molecule is COc1cc(C)c(/C(O)=C2\C(=O)C(=O)N(c3cc(C)ccc3O)C2c2ccncc2)cc1C(C)C. The number of aryl methyl sites for hydroxylation is 2. The maximum absolute atomic E-state index is 13.4. The zero-order valence-corrected chi connectivity index (χ0v) is 20.4. The number of carbonyl (C=O) groups excluding carboxylic acids is 2. The average Bonchev–Trinajstić information content (AvgIpc) is 3.10. The lowest BCUT2D eigenvalue weighted by atomic mass is 9.91. The fourth-order valence-electron chi connectivity index (χ4n) is 4.49. The molecule has 1 unspecified atom stereocenters. The lowest BCUT2D eigenvalue weighted by Crippen LogP contribution is -2.29. The minimum atomic E-state index is -0.949. The summed E-state index contributed by atoms with van der Waals surface area (Å²) in [6, 6.07) is 10.9. The van der Waals surface area contributed by atoms with Crippen molar-refractivity contribution in [2.45, 2.75) is 39.7 Å². The number of pyridine rings is 1. The molecule has 1 saturated heterocycles. The number of Topliss-reactive ketones (excluding diaryl/α,β-unsaturated/α-hetero) is 1. The fourth-order valence-corrected chi connectivity index (χ4v) is 4.49. The Morgan fingerprint density at radius 3 is 2.37 bits per heavy atom. The van der Waals surface area contributed by atoms with Crippen molar-refractivity contribution in [3.8, 4) is 11.5 Å². The molecule has 0 aliphatic carbocycles. The predicted molar refractivity (Wildman–Crippen MR) is 134 cm³/mol. The van der Waals surface area contributed by atoms with Crippen LogP contribution in [0.5, 0.6) is 11.5 Å². The van der Waals surface area contributed by atoms with Crippen molar-refractivity contribution in [3.05, 3.63) is 88.2 Å². The monoisotopic (exact) mass is 472 g/mol. The first-order chi connectivity index (χ1) is 16.6. The third-order valence-electron chi connectivity index (χ3n) is 6.31. The van der Waals surface area contributed by atoms with E-state index in [9.17, 15) is 19.8 Å². The molecule has 0 saturated carbocycles. The van der Waals surface area contributed by atoms with Gasteiger partial charge in [-0.3, -0.25) is 19.5 Å². The number of phenolic OH excluding ortho intramolecular Hbond substituents is 1. The number of nitrogens with zero attached hydrogens (tertiary/aromatic N) is 2. The summed E-state index contributed by atoms with van der Waals surface area (Å²) >= 11 is 0. The summed E-state index contributed by atoms with van der Waals surface area (Å²) in [5, 5.41) is 22.1. The first-order valence-corrected chi connectivity index (χ1v) is 11.3. The van der Waals surface area contributed by atoms with Gasteiger partial charge in [0.1, 0.15) is 17.3 Å². The van der Waals surface area contributed by atoms with Crippen LogP contribution in [0.3, 0.4) is 0 Å². The summed E-state index contributed by atoms with van der Waals surface area (Å²) in [6.07, 6.45) is 3.11. The van der Waals surface area contributed by atoms with Crippen molar-refractivity contribution in [1.29, 1.82) is 0 Å². The van der Waals surface area contributed by atoms with Gasteiger partial charge in [0.25, 0.3) is 11.7 Å². The van der Waals surface area contributed by atoms with Gasteiger partial charge in [-0.05, 0) is 78.4 Å². The smallest absolute Gasteiger partial charge is 0.300 e. The molecule has 0 radical (unpaired) electrons. The van der Waals surface area contributed by atoms with E-state index >= 15 is 0 Å². The molecule has 7 nitrogen and oxygen atoms in total. The van der Waals surface area contributed by atoms with E-state index in [0.717, 1.165) is 11.1 Å². The topological polar surface area (TPSA) is 100.0 Å². The van der Waals surface area contributed by atoms with Gasteiger partial charge in [-0.2, -0.15) is 0 Å². The number of rotatable bonds is 5. The van der Waals surface area contributed by atoms with Gasteiger partial charge in [-0.25, -0.2) is 0 Å². The number of carbonyl (C=O) groups is 2. The number of hydrogen-bond donors (Lipinski definition) is 2. The number of aliphatic hydroxyl groups is 1. The molecule has 35 heavy (non-hydrogen) atoms. The van der Waals surface area contributed by atoms with Gasteiger partial charge in [-0.15, -0.1) is 0 Å². The molecular weight excluding hydrogens is 444 g/mol. The Bertz CT molecular complexity index is 1340. The first-order valence-electron chi connectivity index (χ1n) is 11.3. The lowest BCUT2D eigenvalue weighted by Gasteiger charge is -2.26. The number of benzene rings is 2. The van der Waals surface area contributed by atoms with Gasteiger partial charge in [0, 0.05) is 18.0 Å². The van der Waals surface area contributed by atoms with Crippen LogP contribution in [0.25, 0.3) is 5.76 Å². The molecule has 3 aromatic rings. The molecule has 0 spiro atoms. The Morgan fingerprint density at radius 2 is 1.74 bits per heavy atom. The quantitative estimate of drug-likeness (QED) is 0.302. The van der Waals surface area contributed by atoms with Gasteiger partial charge in [0.05, 0.1) is 24.4 Å². The molecular formula is C28H28N2O5. The van der Waals surface area contributed by atoms with E-state index in [1.54, 1.807) is 49.8 Å². The predicted octanol–water partition coefficient (Wildman–Crippen LogP) is 5.16. The van der Waals surface area contributed by atoms with Crippen LogP contribution < -0.4 is 9.64 Å². The number of aliphatic hydroxyl groups excluding tert-OH is 1.